The SMILES string of the molecule is Cc1cccc(-c2nnc(SCc3ncon3)n2C)c1. The average Bonchev–Trinajstić information content (AvgIpc) is 3.06. The second-order valence-electron chi connectivity index (χ2n) is 4.37. The van der Waals surface area contributed by atoms with E-state index in [0.717, 1.165) is 16.5 Å². The second kappa shape index (κ2) is 5.46. The van der Waals surface area contributed by atoms with Gasteiger partial charge in [0.05, 0.1) is 5.75 Å². The van der Waals surface area contributed by atoms with E-state index in [1.165, 1.54) is 23.7 Å². The Kier molecular flexibility index (Phi) is 3.51. The Morgan fingerprint density at radius 1 is 1.30 bits per heavy atom. The Labute approximate surface area is 120 Å². The van der Waals surface area contributed by atoms with Crippen LogP contribution < -0.4 is 0 Å². The van der Waals surface area contributed by atoms with Crippen LogP contribution in [0.3, 0.4) is 0 Å². The molecule has 0 N–H and O–H groups in total. The minimum Gasteiger partial charge on any atom is -0.343 e. The molecular weight excluding hydrogens is 274 g/mol. The third-order valence-electron chi connectivity index (χ3n) is 2.85. The molecular formula is C13H13N5OS. The van der Waals surface area contributed by atoms with Crippen molar-refractivity contribution in [2.24, 2.45) is 7.05 Å². The first kappa shape index (κ1) is 12.9. The Morgan fingerprint density at radius 3 is 2.95 bits per heavy atom. The Bertz CT molecular complexity index is 707. The molecule has 1 aromatic carbocycles. The normalized spacial score (nSPS) is 10.9. The van der Waals surface area contributed by atoms with E-state index < -0.39 is 0 Å². The lowest BCUT2D eigenvalue weighted by Crippen LogP contribution is -1.95. The van der Waals surface area contributed by atoms with Crippen LogP contribution >= 0.6 is 11.8 Å². The van der Waals surface area contributed by atoms with Gasteiger partial charge in [-0.05, 0) is 13.0 Å². The molecule has 0 saturated heterocycles. The summed E-state index contributed by atoms with van der Waals surface area (Å²) in [5.41, 5.74) is 2.26. The number of thioether (sulfide) groups is 1. The molecule has 20 heavy (non-hydrogen) atoms. The van der Waals surface area contributed by atoms with Gasteiger partial charge in [0, 0.05) is 12.6 Å². The fourth-order valence-corrected chi connectivity index (χ4v) is 2.63. The molecule has 0 spiro atoms. The van der Waals surface area contributed by atoms with Crippen molar-refractivity contribution < 1.29 is 4.52 Å². The fourth-order valence-electron chi connectivity index (χ4n) is 1.86. The summed E-state index contributed by atoms with van der Waals surface area (Å²) in [5, 5.41) is 13.1. The van der Waals surface area contributed by atoms with E-state index in [0.29, 0.717) is 11.6 Å². The summed E-state index contributed by atoms with van der Waals surface area (Å²) >= 11 is 1.53. The minimum atomic E-state index is 0.607. The monoisotopic (exact) mass is 287 g/mol. The second-order valence-corrected chi connectivity index (χ2v) is 5.31. The third kappa shape index (κ3) is 2.57. The van der Waals surface area contributed by atoms with Crippen LogP contribution in [0.4, 0.5) is 0 Å². The first-order valence-corrected chi connectivity index (χ1v) is 7.07. The smallest absolute Gasteiger partial charge is 0.213 e. The molecule has 0 aliphatic rings. The zero-order valence-electron chi connectivity index (χ0n) is 11.1. The summed E-state index contributed by atoms with van der Waals surface area (Å²) in [4.78, 5) is 3.98. The zero-order valence-corrected chi connectivity index (χ0v) is 12.0. The molecule has 3 aromatic rings. The van der Waals surface area contributed by atoms with E-state index in [-0.39, 0.29) is 0 Å². The van der Waals surface area contributed by atoms with Gasteiger partial charge in [-0.25, -0.2) is 0 Å². The van der Waals surface area contributed by atoms with Gasteiger partial charge in [0.15, 0.2) is 16.8 Å². The maximum Gasteiger partial charge on any atom is 0.213 e. The van der Waals surface area contributed by atoms with Crippen LogP contribution in [0.15, 0.2) is 40.3 Å². The summed E-state index contributed by atoms with van der Waals surface area (Å²) in [7, 11) is 1.95. The molecule has 0 aliphatic carbocycles. The summed E-state index contributed by atoms with van der Waals surface area (Å²) in [6.07, 6.45) is 1.32. The van der Waals surface area contributed by atoms with Gasteiger partial charge >= 0.3 is 0 Å². The molecule has 7 heteroatoms. The topological polar surface area (TPSA) is 69.6 Å². The molecule has 0 amide bonds. The molecule has 0 saturated carbocycles. The largest absolute Gasteiger partial charge is 0.343 e. The van der Waals surface area contributed by atoms with E-state index in [9.17, 15) is 0 Å². The van der Waals surface area contributed by atoms with Gasteiger partial charge in [-0.1, -0.05) is 40.7 Å². The van der Waals surface area contributed by atoms with Crippen LogP contribution in [-0.2, 0) is 12.8 Å². The Hall–Kier alpha value is -2.15. The van der Waals surface area contributed by atoms with Crippen molar-refractivity contribution in [2.75, 3.05) is 0 Å². The van der Waals surface area contributed by atoms with Gasteiger partial charge in [0.1, 0.15) is 0 Å². The van der Waals surface area contributed by atoms with E-state index in [1.807, 2.05) is 23.7 Å². The Balaban J connectivity index is 1.81. The maximum absolute atomic E-state index is 4.70. The highest BCUT2D eigenvalue weighted by atomic mass is 32.2. The fraction of sp³-hybridized carbons (Fsp3) is 0.231. The number of hydrogen-bond acceptors (Lipinski definition) is 6. The molecule has 102 valence electrons. The van der Waals surface area contributed by atoms with Crippen molar-refractivity contribution in [3.8, 4) is 11.4 Å². The number of rotatable bonds is 4. The summed E-state index contributed by atoms with van der Waals surface area (Å²) in [5.74, 6) is 2.11. The highest BCUT2D eigenvalue weighted by molar-refractivity contribution is 7.98. The molecule has 2 heterocycles. The van der Waals surface area contributed by atoms with Crippen LogP contribution in [0, 0.1) is 6.92 Å². The zero-order chi connectivity index (χ0) is 13.9. The van der Waals surface area contributed by atoms with Crippen LogP contribution in [0.1, 0.15) is 11.4 Å². The molecule has 0 radical (unpaired) electrons. The number of aryl methyl sites for hydroxylation is 1. The van der Waals surface area contributed by atoms with Gasteiger partial charge in [-0.2, -0.15) is 4.98 Å². The molecule has 0 unspecified atom stereocenters. The molecule has 0 atom stereocenters. The summed E-state index contributed by atoms with van der Waals surface area (Å²) in [6, 6.07) is 8.21. The number of aromatic nitrogens is 5. The third-order valence-corrected chi connectivity index (χ3v) is 3.86. The van der Waals surface area contributed by atoms with Gasteiger partial charge in [-0.15, -0.1) is 10.2 Å². The van der Waals surface area contributed by atoms with Crippen molar-refractivity contribution in [3.05, 3.63) is 42.0 Å². The molecule has 0 fully saturated rings. The standard InChI is InChI=1S/C13H13N5OS/c1-9-4-3-5-10(6-9)12-15-16-13(18(12)2)20-7-11-14-8-19-17-11/h3-6,8H,7H2,1-2H3. The van der Waals surface area contributed by atoms with E-state index in [2.05, 4.69) is 39.4 Å². The van der Waals surface area contributed by atoms with Gasteiger partial charge in [0.2, 0.25) is 6.39 Å². The minimum absolute atomic E-state index is 0.607. The summed E-state index contributed by atoms with van der Waals surface area (Å²) < 4.78 is 6.68. The van der Waals surface area contributed by atoms with Crippen LogP contribution in [-0.4, -0.2) is 24.9 Å². The lowest BCUT2D eigenvalue weighted by Gasteiger charge is -2.03. The number of nitrogens with zero attached hydrogens (tertiary/aromatic N) is 5. The van der Waals surface area contributed by atoms with E-state index >= 15 is 0 Å². The molecule has 0 aliphatic heterocycles. The van der Waals surface area contributed by atoms with Crippen LogP contribution in [0.5, 0.6) is 0 Å². The highest BCUT2D eigenvalue weighted by Crippen LogP contribution is 2.24. The van der Waals surface area contributed by atoms with Crippen LogP contribution in [0.25, 0.3) is 11.4 Å². The van der Waals surface area contributed by atoms with Crippen molar-refractivity contribution in [1.29, 1.82) is 0 Å². The molecule has 3 rings (SSSR count). The van der Waals surface area contributed by atoms with Crippen LogP contribution in [0.2, 0.25) is 0 Å². The summed E-state index contributed by atoms with van der Waals surface area (Å²) in [6.45, 7) is 2.06. The van der Waals surface area contributed by atoms with Crippen molar-refractivity contribution >= 4 is 11.8 Å². The first-order valence-electron chi connectivity index (χ1n) is 6.08. The lowest BCUT2D eigenvalue weighted by atomic mass is 10.1. The van der Waals surface area contributed by atoms with Crippen molar-refractivity contribution in [1.82, 2.24) is 24.9 Å². The Morgan fingerprint density at radius 2 is 2.20 bits per heavy atom. The van der Waals surface area contributed by atoms with E-state index in [1.54, 1.807) is 0 Å². The first-order chi connectivity index (χ1) is 9.74. The van der Waals surface area contributed by atoms with Gasteiger partial charge in [-0.3, -0.25) is 0 Å². The molecule has 0 bridgehead atoms. The molecule has 2 aromatic heterocycles. The van der Waals surface area contributed by atoms with Gasteiger partial charge < -0.3 is 9.09 Å². The highest BCUT2D eigenvalue weighted by Gasteiger charge is 2.12. The average molecular weight is 287 g/mol. The number of hydrogen-bond donors (Lipinski definition) is 0. The predicted octanol–water partition coefficient (Wildman–Crippen LogP) is 2.47. The van der Waals surface area contributed by atoms with Crippen molar-refractivity contribution in [3.63, 3.8) is 0 Å². The molecule has 6 nitrogen and oxygen atoms in total. The van der Waals surface area contributed by atoms with Gasteiger partial charge in [0.25, 0.3) is 0 Å². The maximum atomic E-state index is 4.70. The van der Waals surface area contributed by atoms with Crippen molar-refractivity contribution in [2.45, 2.75) is 17.8 Å². The quantitative estimate of drug-likeness (QED) is 0.687. The van der Waals surface area contributed by atoms with E-state index in [4.69, 9.17) is 4.52 Å². The predicted molar refractivity (Wildman–Crippen MR) is 75.0 cm³/mol. The number of benzene rings is 1. The lowest BCUT2D eigenvalue weighted by molar-refractivity contribution is 0.412.